The fourth-order valence-corrected chi connectivity index (χ4v) is 2.05. The summed E-state index contributed by atoms with van der Waals surface area (Å²) in [5.41, 5.74) is 0. The number of para-hydroxylation sites is 1. The summed E-state index contributed by atoms with van der Waals surface area (Å²) in [5.74, 6) is 1.27. The molecule has 132 valence electrons. The van der Waals surface area contributed by atoms with Crippen molar-refractivity contribution in [1.82, 2.24) is 15.5 Å². The molecule has 0 aliphatic carbocycles. The molecule has 1 atom stereocenters. The number of hydrogen-bond acceptors (Lipinski definition) is 3. The lowest BCUT2D eigenvalue weighted by atomic mass is 10.3. The Morgan fingerprint density at radius 3 is 2.75 bits per heavy atom. The summed E-state index contributed by atoms with van der Waals surface area (Å²) in [5, 5.41) is 6.25. The number of nitrogens with zero attached hydrogens (tertiary/aromatic N) is 2. The molecule has 0 bridgehead atoms. The van der Waals surface area contributed by atoms with Crippen molar-refractivity contribution in [2.75, 3.05) is 33.7 Å². The maximum Gasteiger partial charge on any atom is 0.243 e. The van der Waals surface area contributed by atoms with Crippen LogP contribution in [0.25, 0.3) is 0 Å². The summed E-state index contributed by atoms with van der Waals surface area (Å²) in [7, 11) is 3.41. The number of ether oxygens (including phenoxy) is 1. The molecule has 24 heavy (non-hydrogen) atoms. The summed E-state index contributed by atoms with van der Waals surface area (Å²) in [6, 6.07) is 7.69. The molecule has 0 aromatic heterocycles. The normalized spacial score (nSPS) is 12.2. The minimum absolute atomic E-state index is 0.0628. The van der Waals surface area contributed by atoms with Crippen LogP contribution in [-0.4, -0.2) is 56.6 Å². The lowest BCUT2D eigenvalue weighted by Gasteiger charge is -2.18. The van der Waals surface area contributed by atoms with Crippen LogP contribution in [0.4, 0.5) is 0 Å². The predicted octanol–water partition coefficient (Wildman–Crippen LogP) is 2.03. The molecule has 0 heterocycles. The SMILES string of the molecule is C=CCNC(=NCC(=O)N(C)C)NCC(C)Oc1ccccc1Br. The van der Waals surface area contributed by atoms with Gasteiger partial charge in [0, 0.05) is 20.6 Å². The van der Waals surface area contributed by atoms with E-state index in [0.29, 0.717) is 19.0 Å². The van der Waals surface area contributed by atoms with Gasteiger partial charge in [0.15, 0.2) is 5.96 Å². The number of likely N-dealkylation sites (N-methyl/N-ethyl adjacent to an activating group) is 1. The van der Waals surface area contributed by atoms with E-state index in [4.69, 9.17) is 4.74 Å². The number of guanidine groups is 1. The minimum Gasteiger partial charge on any atom is -0.488 e. The van der Waals surface area contributed by atoms with E-state index in [-0.39, 0.29) is 18.6 Å². The van der Waals surface area contributed by atoms with Gasteiger partial charge < -0.3 is 20.3 Å². The molecule has 1 aromatic rings. The predicted molar refractivity (Wildman–Crippen MR) is 101 cm³/mol. The highest BCUT2D eigenvalue weighted by molar-refractivity contribution is 9.10. The molecule has 0 aliphatic rings. The fraction of sp³-hybridized carbons (Fsp3) is 0.412. The molecule has 0 radical (unpaired) electrons. The Hall–Kier alpha value is -2.02. The zero-order valence-corrected chi connectivity index (χ0v) is 16.0. The number of hydrogen-bond donors (Lipinski definition) is 2. The van der Waals surface area contributed by atoms with Crippen molar-refractivity contribution in [3.8, 4) is 5.75 Å². The summed E-state index contributed by atoms with van der Waals surface area (Å²) in [4.78, 5) is 17.4. The van der Waals surface area contributed by atoms with Crippen LogP contribution < -0.4 is 15.4 Å². The molecule has 6 nitrogen and oxygen atoms in total. The van der Waals surface area contributed by atoms with Gasteiger partial charge in [-0.05, 0) is 35.0 Å². The Bertz CT molecular complexity index is 575. The molecule has 1 rings (SSSR count). The van der Waals surface area contributed by atoms with Crippen LogP contribution in [0, 0.1) is 0 Å². The van der Waals surface area contributed by atoms with Crippen molar-refractivity contribution in [3.63, 3.8) is 0 Å². The Kier molecular flexibility index (Phi) is 8.93. The highest BCUT2D eigenvalue weighted by atomic mass is 79.9. The Morgan fingerprint density at radius 2 is 2.12 bits per heavy atom. The van der Waals surface area contributed by atoms with Crippen LogP contribution in [0.3, 0.4) is 0 Å². The van der Waals surface area contributed by atoms with E-state index in [9.17, 15) is 4.79 Å². The van der Waals surface area contributed by atoms with Gasteiger partial charge in [0.2, 0.25) is 5.91 Å². The van der Waals surface area contributed by atoms with Crippen molar-refractivity contribution in [2.45, 2.75) is 13.0 Å². The Labute approximate surface area is 152 Å². The molecular formula is C17H25BrN4O2. The van der Waals surface area contributed by atoms with E-state index in [1.54, 1.807) is 20.2 Å². The van der Waals surface area contributed by atoms with E-state index < -0.39 is 0 Å². The first-order valence-corrected chi connectivity index (χ1v) is 8.47. The maximum absolute atomic E-state index is 11.7. The first kappa shape index (κ1) is 20.0. The number of nitrogens with one attached hydrogen (secondary N) is 2. The van der Waals surface area contributed by atoms with Crippen LogP contribution in [-0.2, 0) is 4.79 Å². The first-order chi connectivity index (χ1) is 11.4. The monoisotopic (exact) mass is 396 g/mol. The van der Waals surface area contributed by atoms with Crippen molar-refractivity contribution in [1.29, 1.82) is 0 Å². The molecule has 0 saturated carbocycles. The second-order valence-corrected chi connectivity index (χ2v) is 6.22. The van der Waals surface area contributed by atoms with Gasteiger partial charge in [0.25, 0.3) is 0 Å². The molecule has 1 aromatic carbocycles. The number of benzene rings is 1. The topological polar surface area (TPSA) is 66.0 Å². The second kappa shape index (κ2) is 10.7. The van der Waals surface area contributed by atoms with E-state index in [1.165, 1.54) is 4.90 Å². The molecular weight excluding hydrogens is 372 g/mol. The lowest BCUT2D eigenvalue weighted by molar-refractivity contribution is -0.127. The fourth-order valence-electron chi connectivity index (χ4n) is 1.67. The quantitative estimate of drug-likeness (QED) is 0.400. The highest BCUT2D eigenvalue weighted by Crippen LogP contribution is 2.24. The van der Waals surface area contributed by atoms with E-state index in [0.717, 1.165) is 10.2 Å². The van der Waals surface area contributed by atoms with Gasteiger partial charge in [-0.3, -0.25) is 4.79 Å². The summed E-state index contributed by atoms with van der Waals surface area (Å²) in [6.07, 6.45) is 1.65. The van der Waals surface area contributed by atoms with Crippen LogP contribution in [0.1, 0.15) is 6.92 Å². The highest BCUT2D eigenvalue weighted by Gasteiger charge is 2.09. The zero-order chi connectivity index (χ0) is 17.9. The zero-order valence-electron chi connectivity index (χ0n) is 14.4. The number of halogens is 1. The van der Waals surface area contributed by atoms with E-state index in [2.05, 4.69) is 38.1 Å². The molecule has 0 saturated heterocycles. The van der Waals surface area contributed by atoms with Gasteiger partial charge in [-0.1, -0.05) is 18.2 Å². The summed E-state index contributed by atoms with van der Waals surface area (Å²) < 4.78 is 6.79. The van der Waals surface area contributed by atoms with Crippen molar-refractivity contribution in [3.05, 3.63) is 41.4 Å². The molecule has 1 unspecified atom stereocenters. The van der Waals surface area contributed by atoms with Crippen LogP contribution in [0.15, 0.2) is 46.4 Å². The van der Waals surface area contributed by atoms with Gasteiger partial charge in [0.1, 0.15) is 18.4 Å². The van der Waals surface area contributed by atoms with E-state index in [1.807, 2.05) is 31.2 Å². The van der Waals surface area contributed by atoms with Crippen LogP contribution in [0.2, 0.25) is 0 Å². The number of amides is 1. The Morgan fingerprint density at radius 1 is 1.42 bits per heavy atom. The van der Waals surface area contributed by atoms with Gasteiger partial charge in [0.05, 0.1) is 11.0 Å². The average molecular weight is 397 g/mol. The first-order valence-electron chi connectivity index (χ1n) is 7.68. The third kappa shape index (κ3) is 7.50. The van der Waals surface area contributed by atoms with Crippen LogP contribution in [0.5, 0.6) is 5.75 Å². The van der Waals surface area contributed by atoms with Gasteiger partial charge in [-0.25, -0.2) is 4.99 Å². The van der Waals surface area contributed by atoms with Gasteiger partial charge >= 0.3 is 0 Å². The van der Waals surface area contributed by atoms with Crippen LogP contribution >= 0.6 is 15.9 Å². The summed E-state index contributed by atoms with van der Waals surface area (Å²) in [6.45, 7) is 6.81. The van der Waals surface area contributed by atoms with Crippen molar-refractivity contribution in [2.24, 2.45) is 4.99 Å². The number of carbonyl (C=O) groups excluding carboxylic acids is 1. The molecule has 2 N–H and O–H groups in total. The third-order valence-electron chi connectivity index (χ3n) is 3.01. The molecule has 0 fully saturated rings. The minimum atomic E-state index is -0.0796. The molecule has 0 aliphatic heterocycles. The largest absolute Gasteiger partial charge is 0.488 e. The number of aliphatic imine (C=N–C) groups is 1. The number of carbonyl (C=O) groups is 1. The van der Waals surface area contributed by atoms with Crippen molar-refractivity contribution < 1.29 is 9.53 Å². The maximum atomic E-state index is 11.7. The number of rotatable bonds is 8. The molecule has 7 heteroatoms. The van der Waals surface area contributed by atoms with Gasteiger partial charge in [-0.2, -0.15) is 0 Å². The Balaban J connectivity index is 2.56. The second-order valence-electron chi connectivity index (χ2n) is 5.36. The third-order valence-corrected chi connectivity index (χ3v) is 3.66. The van der Waals surface area contributed by atoms with Gasteiger partial charge in [-0.15, -0.1) is 6.58 Å². The standard InChI is InChI=1S/C17H25BrN4O2/c1-5-10-19-17(21-12-16(23)22(3)4)20-11-13(2)24-15-9-7-6-8-14(15)18/h5-9,13H,1,10-12H2,2-4H3,(H2,19,20,21). The van der Waals surface area contributed by atoms with Crippen molar-refractivity contribution >= 4 is 27.8 Å². The van der Waals surface area contributed by atoms with E-state index >= 15 is 0 Å². The lowest BCUT2D eigenvalue weighted by Crippen LogP contribution is -2.42. The summed E-state index contributed by atoms with van der Waals surface area (Å²) >= 11 is 3.46. The smallest absolute Gasteiger partial charge is 0.243 e. The molecule has 1 amide bonds. The molecule has 0 spiro atoms. The average Bonchev–Trinajstić information content (AvgIpc) is 2.55.